The first-order chi connectivity index (χ1) is 7.47. The van der Waals surface area contributed by atoms with Crippen molar-refractivity contribution in [2.45, 2.75) is 45.2 Å². The number of carbonyl (C=O) groups excluding carboxylic acids is 1. The van der Waals surface area contributed by atoms with Crippen molar-refractivity contribution < 1.29 is 4.79 Å². The number of nitrogens with one attached hydrogen (secondary N) is 1. The zero-order chi connectivity index (χ0) is 11.8. The van der Waals surface area contributed by atoms with Gasteiger partial charge in [0.05, 0.1) is 6.04 Å². The number of benzene rings is 1. The van der Waals surface area contributed by atoms with E-state index in [1.807, 2.05) is 12.1 Å². The smallest absolute Gasteiger partial charge is 0.154 e. The molecule has 1 atom stereocenters. The maximum atomic E-state index is 12.0. The van der Waals surface area contributed by atoms with E-state index < -0.39 is 0 Å². The topological polar surface area (TPSA) is 29.1 Å². The SMILES string of the molecule is CC(C)(C)NC1C(=O)CCc2ccccc21. The number of carbonyl (C=O) groups is 1. The molecule has 0 fully saturated rings. The van der Waals surface area contributed by atoms with Crippen LogP contribution in [0.5, 0.6) is 0 Å². The van der Waals surface area contributed by atoms with Gasteiger partial charge < -0.3 is 0 Å². The molecule has 0 aliphatic heterocycles. The lowest BCUT2D eigenvalue weighted by molar-refractivity contribution is -0.122. The average Bonchev–Trinajstić information content (AvgIpc) is 2.21. The van der Waals surface area contributed by atoms with Crippen molar-refractivity contribution in [1.29, 1.82) is 0 Å². The Morgan fingerprint density at radius 1 is 1.19 bits per heavy atom. The van der Waals surface area contributed by atoms with E-state index in [0.29, 0.717) is 12.2 Å². The zero-order valence-corrected chi connectivity index (χ0v) is 10.2. The normalized spacial score (nSPS) is 20.7. The monoisotopic (exact) mass is 217 g/mol. The van der Waals surface area contributed by atoms with Gasteiger partial charge in [0, 0.05) is 12.0 Å². The summed E-state index contributed by atoms with van der Waals surface area (Å²) in [6, 6.07) is 8.12. The second-order valence-electron chi connectivity index (χ2n) is 5.49. The Hall–Kier alpha value is -1.15. The Morgan fingerprint density at radius 2 is 1.88 bits per heavy atom. The van der Waals surface area contributed by atoms with Gasteiger partial charge in [-0.05, 0) is 38.3 Å². The van der Waals surface area contributed by atoms with E-state index in [9.17, 15) is 4.79 Å². The van der Waals surface area contributed by atoms with Gasteiger partial charge in [-0.2, -0.15) is 0 Å². The predicted octanol–water partition coefficient (Wildman–Crippen LogP) is 2.63. The van der Waals surface area contributed by atoms with Gasteiger partial charge in [0.1, 0.15) is 0 Å². The van der Waals surface area contributed by atoms with Crippen LogP contribution in [-0.4, -0.2) is 11.3 Å². The van der Waals surface area contributed by atoms with Gasteiger partial charge in [-0.25, -0.2) is 0 Å². The molecule has 1 aliphatic carbocycles. The highest BCUT2D eigenvalue weighted by Crippen LogP contribution is 2.28. The summed E-state index contributed by atoms with van der Waals surface area (Å²) < 4.78 is 0. The molecule has 0 aromatic heterocycles. The molecule has 2 rings (SSSR count). The van der Waals surface area contributed by atoms with Crippen molar-refractivity contribution in [3.8, 4) is 0 Å². The summed E-state index contributed by atoms with van der Waals surface area (Å²) in [5.41, 5.74) is 2.43. The Bertz CT molecular complexity index is 403. The standard InChI is InChI=1S/C14H19NO/c1-14(2,3)15-13-11-7-5-4-6-10(11)8-9-12(13)16/h4-7,13,15H,8-9H2,1-3H3. The van der Waals surface area contributed by atoms with Crippen LogP contribution in [-0.2, 0) is 11.2 Å². The van der Waals surface area contributed by atoms with E-state index in [-0.39, 0.29) is 11.6 Å². The molecule has 1 aliphatic rings. The molecular weight excluding hydrogens is 198 g/mol. The molecule has 0 saturated heterocycles. The number of ketones is 1. The van der Waals surface area contributed by atoms with Gasteiger partial charge in [-0.15, -0.1) is 0 Å². The second kappa shape index (κ2) is 4.02. The molecule has 86 valence electrons. The zero-order valence-electron chi connectivity index (χ0n) is 10.2. The van der Waals surface area contributed by atoms with Gasteiger partial charge in [0.25, 0.3) is 0 Å². The number of Topliss-reactive ketones (excluding diaryl/α,β-unsaturated/α-hetero) is 1. The minimum absolute atomic E-state index is 0.0369. The van der Waals surface area contributed by atoms with Gasteiger partial charge in [-0.1, -0.05) is 24.3 Å². The number of rotatable bonds is 1. The molecule has 1 aromatic rings. The van der Waals surface area contributed by atoms with Crippen LogP contribution in [0.1, 0.15) is 44.4 Å². The molecule has 1 N–H and O–H groups in total. The third-order valence-corrected chi connectivity index (χ3v) is 2.91. The molecule has 1 unspecified atom stereocenters. The van der Waals surface area contributed by atoms with Crippen LogP contribution in [0.2, 0.25) is 0 Å². The largest absolute Gasteiger partial charge is 0.299 e. The van der Waals surface area contributed by atoms with Crippen LogP contribution >= 0.6 is 0 Å². The Labute approximate surface area is 97.1 Å². The molecule has 16 heavy (non-hydrogen) atoms. The molecule has 0 heterocycles. The fourth-order valence-electron chi connectivity index (χ4n) is 2.21. The maximum absolute atomic E-state index is 12.0. The number of hydrogen-bond acceptors (Lipinski definition) is 2. The summed E-state index contributed by atoms with van der Waals surface area (Å²) in [4.78, 5) is 12.0. The first-order valence-corrected chi connectivity index (χ1v) is 5.85. The van der Waals surface area contributed by atoms with E-state index in [0.717, 1.165) is 12.0 Å². The molecule has 2 nitrogen and oxygen atoms in total. The van der Waals surface area contributed by atoms with Crippen LogP contribution in [0.25, 0.3) is 0 Å². The summed E-state index contributed by atoms with van der Waals surface area (Å²) in [6.45, 7) is 6.28. The van der Waals surface area contributed by atoms with Crippen molar-refractivity contribution in [3.05, 3.63) is 35.4 Å². The Morgan fingerprint density at radius 3 is 2.56 bits per heavy atom. The maximum Gasteiger partial charge on any atom is 0.154 e. The summed E-state index contributed by atoms with van der Waals surface area (Å²) in [7, 11) is 0. The van der Waals surface area contributed by atoms with Crippen LogP contribution < -0.4 is 5.32 Å². The van der Waals surface area contributed by atoms with Crippen molar-refractivity contribution in [2.24, 2.45) is 0 Å². The van der Waals surface area contributed by atoms with Gasteiger partial charge in [0.2, 0.25) is 0 Å². The van der Waals surface area contributed by atoms with Crippen LogP contribution in [0.4, 0.5) is 0 Å². The van der Waals surface area contributed by atoms with E-state index in [2.05, 4.69) is 38.2 Å². The fraction of sp³-hybridized carbons (Fsp3) is 0.500. The third-order valence-electron chi connectivity index (χ3n) is 2.91. The van der Waals surface area contributed by atoms with E-state index in [1.54, 1.807) is 0 Å². The summed E-state index contributed by atoms with van der Waals surface area (Å²) in [5.74, 6) is 0.314. The van der Waals surface area contributed by atoms with E-state index in [1.165, 1.54) is 5.56 Å². The highest BCUT2D eigenvalue weighted by Gasteiger charge is 2.29. The summed E-state index contributed by atoms with van der Waals surface area (Å²) in [6.07, 6.45) is 1.54. The molecule has 2 heteroatoms. The molecule has 0 bridgehead atoms. The number of hydrogen-bond donors (Lipinski definition) is 1. The summed E-state index contributed by atoms with van der Waals surface area (Å²) in [5, 5.41) is 3.41. The van der Waals surface area contributed by atoms with E-state index >= 15 is 0 Å². The fourth-order valence-corrected chi connectivity index (χ4v) is 2.21. The lowest BCUT2D eigenvalue weighted by Crippen LogP contribution is -2.43. The highest BCUT2D eigenvalue weighted by atomic mass is 16.1. The van der Waals surface area contributed by atoms with Crippen molar-refractivity contribution in [2.75, 3.05) is 0 Å². The second-order valence-corrected chi connectivity index (χ2v) is 5.49. The average molecular weight is 217 g/mol. The molecule has 1 aromatic carbocycles. The van der Waals surface area contributed by atoms with Crippen LogP contribution in [0, 0.1) is 0 Å². The molecule has 0 radical (unpaired) electrons. The first-order valence-electron chi connectivity index (χ1n) is 5.85. The Balaban J connectivity index is 2.33. The third kappa shape index (κ3) is 2.33. The van der Waals surface area contributed by atoms with Crippen LogP contribution in [0.15, 0.2) is 24.3 Å². The predicted molar refractivity (Wildman–Crippen MR) is 65.4 cm³/mol. The molecule has 0 amide bonds. The number of aryl methyl sites for hydroxylation is 1. The van der Waals surface area contributed by atoms with Crippen LogP contribution in [0.3, 0.4) is 0 Å². The Kier molecular flexibility index (Phi) is 2.85. The van der Waals surface area contributed by atoms with Crippen molar-refractivity contribution >= 4 is 5.78 Å². The lowest BCUT2D eigenvalue weighted by atomic mass is 9.85. The quantitative estimate of drug-likeness (QED) is 0.783. The minimum Gasteiger partial charge on any atom is -0.299 e. The molecule has 0 saturated carbocycles. The highest BCUT2D eigenvalue weighted by molar-refractivity contribution is 5.87. The van der Waals surface area contributed by atoms with Crippen molar-refractivity contribution in [3.63, 3.8) is 0 Å². The van der Waals surface area contributed by atoms with Gasteiger partial charge in [0.15, 0.2) is 5.78 Å². The molecule has 0 spiro atoms. The van der Waals surface area contributed by atoms with Gasteiger partial charge in [-0.3, -0.25) is 10.1 Å². The molecular formula is C14H19NO. The summed E-state index contributed by atoms with van der Waals surface area (Å²) >= 11 is 0. The first kappa shape index (κ1) is 11.3. The van der Waals surface area contributed by atoms with E-state index in [4.69, 9.17) is 0 Å². The lowest BCUT2D eigenvalue weighted by Gasteiger charge is -2.31. The number of fused-ring (bicyclic) bond motifs is 1. The van der Waals surface area contributed by atoms with Gasteiger partial charge >= 0.3 is 0 Å². The minimum atomic E-state index is -0.120. The van der Waals surface area contributed by atoms with Crippen molar-refractivity contribution in [1.82, 2.24) is 5.32 Å².